The molecule has 0 aliphatic carbocycles. The number of piperidine rings is 1. The van der Waals surface area contributed by atoms with Crippen LogP contribution in [0.1, 0.15) is 61.0 Å². The number of halogens is 3. The SMILES string of the molecule is Cc1cc([C@@H](C)OC[C@@]2(c3ccccc3)CC[C@]3(CCC(=O)N3)CN2C(=O)CO[O-])cc(C(F)(F)F)c1. The van der Waals surface area contributed by atoms with Gasteiger partial charge in [0.2, 0.25) is 11.8 Å². The molecule has 2 amide bonds. The second-order valence-electron chi connectivity index (χ2n) is 10.1. The molecule has 0 aromatic heterocycles. The molecular weight excluding hydrogens is 489 g/mol. The first-order chi connectivity index (χ1) is 17.5. The van der Waals surface area contributed by atoms with Crippen molar-refractivity contribution in [2.75, 3.05) is 19.8 Å². The van der Waals surface area contributed by atoms with Crippen molar-refractivity contribution in [2.45, 2.75) is 62.9 Å². The Bertz CT molecular complexity index is 1140. The molecule has 2 aliphatic heterocycles. The predicted octanol–water partition coefficient (Wildman–Crippen LogP) is 3.55. The molecule has 1 N–H and O–H groups in total. The minimum atomic E-state index is -4.49. The highest BCUT2D eigenvalue weighted by Crippen LogP contribution is 2.45. The van der Waals surface area contributed by atoms with Crippen LogP contribution < -0.4 is 10.6 Å². The average molecular weight is 520 g/mol. The smallest absolute Gasteiger partial charge is 0.416 e. The Balaban J connectivity index is 1.68. The van der Waals surface area contributed by atoms with Crippen LogP contribution in [-0.2, 0) is 30.9 Å². The molecule has 0 unspecified atom stereocenters. The number of aryl methyl sites for hydroxylation is 1. The second kappa shape index (κ2) is 10.4. The first kappa shape index (κ1) is 27.1. The van der Waals surface area contributed by atoms with E-state index in [4.69, 9.17) is 4.74 Å². The van der Waals surface area contributed by atoms with Crippen molar-refractivity contribution in [3.05, 3.63) is 70.8 Å². The summed E-state index contributed by atoms with van der Waals surface area (Å²) in [6.07, 6.45) is -3.32. The van der Waals surface area contributed by atoms with Crippen molar-refractivity contribution in [3.8, 4) is 0 Å². The van der Waals surface area contributed by atoms with E-state index >= 15 is 0 Å². The Kier molecular flexibility index (Phi) is 7.64. The Hall–Kier alpha value is -2.95. The van der Waals surface area contributed by atoms with Crippen LogP contribution in [0, 0.1) is 6.92 Å². The molecule has 2 aromatic rings. The predicted molar refractivity (Wildman–Crippen MR) is 126 cm³/mol. The van der Waals surface area contributed by atoms with Crippen LogP contribution in [0.25, 0.3) is 0 Å². The molecular formula is C27H30F3N2O5-. The van der Waals surface area contributed by atoms with Gasteiger partial charge < -0.3 is 25.1 Å². The average Bonchev–Trinajstić information content (AvgIpc) is 3.22. The summed E-state index contributed by atoms with van der Waals surface area (Å²) in [5.74, 6) is -0.644. The lowest BCUT2D eigenvalue weighted by molar-refractivity contribution is -0.685. The topological polar surface area (TPSA) is 90.9 Å². The molecule has 37 heavy (non-hydrogen) atoms. The van der Waals surface area contributed by atoms with E-state index in [1.54, 1.807) is 24.8 Å². The number of alkyl halides is 3. The van der Waals surface area contributed by atoms with Crippen LogP contribution in [0.4, 0.5) is 13.2 Å². The van der Waals surface area contributed by atoms with E-state index in [1.807, 2.05) is 30.3 Å². The van der Waals surface area contributed by atoms with Crippen molar-refractivity contribution < 1.29 is 37.6 Å². The maximum Gasteiger partial charge on any atom is 0.416 e. The molecule has 10 heteroatoms. The van der Waals surface area contributed by atoms with Gasteiger partial charge in [0.25, 0.3) is 0 Å². The standard InChI is InChI=1S/C27H31F3N2O5/c1-18-12-20(14-22(13-18)27(28,29)30)19(2)36-17-26(21-6-4-3-5-7-21)11-10-25(9-8-23(33)31-25)16-32(26)24(34)15-37-35/h3-7,12-14,19,35H,8-11,15-17H2,1-2H3,(H,31,33)/p-1/t19-,25-,26-/m1/s1. The van der Waals surface area contributed by atoms with Gasteiger partial charge in [-0.25, -0.2) is 0 Å². The minimum absolute atomic E-state index is 0.0257. The van der Waals surface area contributed by atoms with E-state index in [9.17, 15) is 28.0 Å². The number of rotatable bonds is 7. The van der Waals surface area contributed by atoms with E-state index in [1.165, 1.54) is 0 Å². The molecule has 4 rings (SSSR count). The lowest BCUT2D eigenvalue weighted by atomic mass is 9.74. The van der Waals surface area contributed by atoms with E-state index in [0.717, 1.165) is 17.7 Å². The Labute approximate surface area is 213 Å². The fourth-order valence-electron chi connectivity index (χ4n) is 5.50. The maximum absolute atomic E-state index is 13.4. The molecule has 3 atom stereocenters. The third-order valence-corrected chi connectivity index (χ3v) is 7.49. The van der Waals surface area contributed by atoms with Crippen molar-refractivity contribution >= 4 is 11.8 Å². The normalized spacial score (nSPS) is 24.8. The van der Waals surface area contributed by atoms with Gasteiger partial charge in [0, 0.05) is 13.0 Å². The fourth-order valence-corrected chi connectivity index (χ4v) is 5.50. The summed E-state index contributed by atoms with van der Waals surface area (Å²) in [6, 6.07) is 13.0. The summed E-state index contributed by atoms with van der Waals surface area (Å²) in [6.45, 7) is 2.71. The van der Waals surface area contributed by atoms with E-state index in [-0.39, 0.29) is 19.1 Å². The summed E-state index contributed by atoms with van der Waals surface area (Å²) in [4.78, 5) is 30.8. The summed E-state index contributed by atoms with van der Waals surface area (Å²) < 4.78 is 46.4. The Morgan fingerprint density at radius 2 is 1.89 bits per heavy atom. The molecule has 1 spiro atoms. The molecule has 2 aromatic carbocycles. The maximum atomic E-state index is 13.4. The lowest BCUT2D eigenvalue weighted by Gasteiger charge is -2.53. The lowest BCUT2D eigenvalue weighted by Crippen LogP contribution is -2.65. The fraction of sp³-hybridized carbons (Fsp3) is 0.481. The van der Waals surface area contributed by atoms with Gasteiger partial charge in [-0.05, 0) is 56.4 Å². The Morgan fingerprint density at radius 1 is 1.16 bits per heavy atom. The van der Waals surface area contributed by atoms with Crippen LogP contribution in [0.15, 0.2) is 48.5 Å². The highest BCUT2D eigenvalue weighted by molar-refractivity contribution is 5.81. The van der Waals surface area contributed by atoms with Crippen LogP contribution in [0.5, 0.6) is 0 Å². The van der Waals surface area contributed by atoms with Gasteiger partial charge in [0.15, 0.2) is 0 Å². The first-order valence-corrected chi connectivity index (χ1v) is 12.2. The van der Waals surface area contributed by atoms with E-state index < -0.39 is 41.4 Å². The van der Waals surface area contributed by atoms with E-state index in [0.29, 0.717) is 36.8 Å². The summed E-state index contributed by atoms with van der Waals surface area (Å²) in [5.41, 5.74) is -0.791. The molecule has 2 heterocycles. The van der Waals surface area contributed by atoms with Crippen molar-refractivity contribution in [1.82, 2.24) is 10.2 Å². The van der Waals surface area contributed by atoms with Crippen LogP contribution in [-0.4, -0.2) is 42.0 Å². The van der Waals surface area contributed by atoms with Crippen molar-refractivity contribution in [2.24, 2.45) is 0 Å². The molecule has 200 valence electrons. The van der Waals surface area contributed by atoms with Crippen molar-refractivity contribution in [1.29, 1.82) is 0 Å². The van der Waals surface area contributed by atoms with Crippen LogP contribution in [0.2, 0.25) is 0 Å². The zero-order valence-electron chi connectivity index (χ0n) is 20.8. The number of benzene rings is 2. The third-order valence-electron chi connectivity index (χ3n) is 7.49. The van der Waals surface area contributed by atoms with Crippen LogP contribution >= 0.6 is 0 Å². The number of likely N-dealkylation sites (tertiary alicyclic amines) is 1. The summed E-state index contributed by atoms with van der Waals surface area (Å²) in [5, 5.41) is 14.0. The second-order valence-corrected chi connectivity index (χ2v) is 10.1. The highest BCUT2D eigenvalue weighted by atomic mass is 19.4. The zero-order valence-corrected chi connectivity index (χ0v) is 20.8. The first-order valence-electron chi connectivity index (χ1n) is 12.2. The van der Waals surface area contributed by atoms with Gasteiger partial charge in [-0.3, -0.25) is 9.59 Å². The number of nitrogens with one attached hydrogen (secondary N) is 1. The summed E-state index contributed by atoms with van der Waals surface area (Å²) in [7, 11) is 0. The molecule has 2 saturated heterocycles. The molecule has 0 bridgehead atoms. The van der Waals surface area contributed by atoms with Gasteiger partial charge in [-0.15, -0.1) is 0 Å². The van der Waals surface area contributed by atoms with Crippen molar-refractivity contribution in [3.63, 3.8) is 0 Å². The van der Waals surface area contributed by atoms with Gasteiger partial charge in [0.1, 0.15) is 6.61 Å². The highest BCUT2D eigenvalue weighted by Gasteiger charge is 2.53. The largest absolute Gasteiger partial charge is 0.723 e. The number of hydrogen-bond acceptors (Lipinski definition) is 5. The number of carbonyl (C=O) groups excluding carboxylic acids is 2. The number of hydrogen-bond donors (Lipinski definition) is 1. The number of amides is 2. The number of carbonyl (C=O) groups is 2. The minimum Gasteiger partial charge on any atom is -0.723 e. The van der Waals surface area contributed by atoms with Crippen LogP contribution in [0.3, 0.4) is 0 Å². The van der Waals surface area contributed by atoms with Gasteiger partial charge in [-0.1, -0.05) is 42.0 Å². The quantitative estimate of drug-likeness (QED) is 0.446. The van der Waals surface area contributed by atoms with Gasteiger partial charge >= 0.3 is 6.18 Å². The van der Waals surface area contributed by atoms with E-state index in [2.05, 4.69) is 10.2 Å². The Morgan fingerprint density at radius 3 is 2.51 bits per heavy atom. The zero-order chi connectivity index (χ0) is 26.8. The molecule has 0 saturated carbocycles. The summed E-state index contributed by atoms with van der Waals surface area (Å²) >= 11 is 0. The monoisotopic (exact) mass is 519 g/mol. The molecule has 0 radical (unpaired) electrons. The number of nitrogens with zero attached hydrogens (tertiary/aromatic N) is 1. The molecule has 2 fully saturated rings. The third kappa shape index (κ3) is 5.66. The molecule has 2 aliphatic rings. The molecule has 7 nitrogen and oxygen atoms in total. The van der Waals surface area contributed by atoms with Gasteiger partial charge in [-0.2, -0.15) is 13.2 Å². The van der Waals surface area contributed by atoms with Gasteiger partial charge in [0.05, 0.1) is 29.4 Å². The number of ether oxygens (including phenoxy) is 1.